The van der Waals surface area contributed by atoms with Gasteiger partial charge in [-0.15, -0.1) is 12.4 Å². The van der Waals surface area contributed by atoms with Crippen LogP contribution >= 0.6 is 12.4 Å². The Kier molecular flexibility index (Phi) is 5.25. The molecule has 0 aromatic heterocycles. The molecule has 4 rings (SSSR count). The molecule has 3 saturated carbocycles. The van der Waals surface area contributed by atoms with Crippen LogP contribution in [0.25, 0.3) is 0 Å². The molecular weight excluding hydrogens is 286 g/mol. The zero-order chi connectivity index (χ0) is 14.3. The second-order valence-corrected chi connectivity index (χ2v) is 7.82. The van der Waals surface area contributed by atoms with Gasteiger partial charge in [0.15, 0.2) is 0 Å². The molecule has 4 fully saturated rings. The molecule has 21 heavy (non-hydrogen) atoms. The summed E-state index contributed by atoms with van der Waals surface area (Å²) in [6.45, 7) is 9.67. The summed E-state index contributed by atoms with van der Waals surface area (Å²) in [7, 11) is 0. The zero-order valence-electron chi connectivity index (χ0n) is 13.6. The van der Waals surface area contributed by atoms with Gasteiger partial charge in [0.25, 0.3) is 0 Å². The number of carbonyl (C=O) groups is 1. The number of likely N-dealkylation sites (tertiary alicyclic amines) is 1. The van der Waals surface area contributed by atoms with Crippen LogP contribution in [0.15, 0.2) is 0 Å². The molecule has 0 radical (unpaired) electrons. The number of piperidine rings is 1. The predicted molar refractivity (Wildman–Crippen MR) is 86.6 cm³/mol. The number of halogens is 1. The number of fused-ring (bicyclic) bond motifs is 2. The number of esters is 1. The second-order valence-electron chi connectivity index (χ2n) is 7.82. The van der Waals surface area contributed by atoms with Gasteiger partial charge in [-0.05, 0) is 61.9 Å². The van der Waals surface area contributed by atoms with Crippen molar-refractivity contribution in [2.24, 2.45) is 23.2 Å². The highest BCUT2D eigenvalue weighted by molar-refractivity contribution is 5.85. The standard InChI is InChI=1S/C17H29NO2.ClH/c1-12-14-9-13(17(14,2)3)10-15(12)20-16(19)11-18-7-5-4-6-8-18;/h12-15H,4-11H2,1-3H3;1H/t12-,13+,14-,15-;/m1./s1. The lowest BCUT2D eigenvalue weighted by Gasteiger charge is -2.61. The molecule has 3 aliphatic carbocycles. The molecule has 2 bridgehead atoms. The first-order chi connectivity index (χ1) is 9.48. The van der Waals surface area contributed by atoms with E-state index in [9.17, 15) is 4.79 Å². The number of rotatable bonds is 3. The van der Waals surface area contributed by atoms with E-state index in [0.29, 0.717) is 17.9 Å². The molecule has 122 valence electrons. The first-order valence-electron chi connectivity index (χ1n) is 8.40. The van der Waals surface area contributed by atoms with Gasteiger partial charge in [0.2, 0.25) is 0 Å². The van der Waals surface area contributed by atoms with Crippen LogP contribution in [0.1, 0.15) is 52.9 Å². The molecule has 0 aromatic rings. The van der Waals surface area contributed by atoms with Crippen molar-refractivity contribution in [2.75, 3.05) is 19.6 Å². The van der Waals surface area contributed by atoms with Gasteiger partial charge in [0.1, 0.15) is 6.10 Å². The van der Waals surface area contributed by atoms with Crippen LogP contribution in [-0.2, 0) is 9.53 Å². The largest absolute Gasteiger partial charge is 0.461 e. The molecule has 3 nitrogen and oxygen atoms in total. The lowest BCUT2D eigenvalue weighted by molar-refractivity contribution is -0.186. The molecular formula is C17H30ClNO2. The minimum absolute atomic E-state index is 0. The van der Waals surface area contributed by atoms with Gasteiger partial charge in [0, 0.05) is 0 Å². The quantitative estimate of drug-likeness (QED) is 0.746. The summed E-state index contributed by atoms with van der Waals surface area (Å²) in [6, 6.07) is 0. The Morgan fingerprint density at radius 3 is 2.43 bits per heavy atom. The number of nitrogens with zero attached hydrogens (tertiary/aromatic N) is 1. The van der Waals surface area contributed by atoms with E-state index in [-0.39, 0.29) is 24.5 Å². The normalized spacial score (nSPS) is 38.0. The summed E-state index contributed by atoms with van der Waals surface area (Å²) in [5.41, 5.74) is 0.467. The molecule has 0 aromatic carbocycles. The predicted octanol–water partition coefficient (Wildman–Crippen LogP) is 3.51. The third kappa shape index (κ3) is 3.24. The van der Waals surface area contributed by atoms with E-state index < -0.39 is 0 Å². The lowest BCUT2D eigenvalue weighted by Crippen LogP contribution is -2.57. The van der Waals surface area contributed by atoms with Gasteiger partial charge in [-0.2, -0.15) is 0 Å². The van der Waals surface area contributed by atoms with Crippen LogP contribution in [0, 0.1) is 23.2 Å². The van der Waals surface area contributed by atoms with E-state index in [2.05, 4.69) is 25.7 Å². The van der Waals surface area contributed by atoms with Crippen LogP contribution in [0.2, 0.25) is 0 Å². The van der Waals surface area contributed by atoms with E-state index in [1.807, 2.05) is 0 Å². The zero-order valence-corrected chi connectivity index (χ0v) is 14.5. The number of ether oxygens (including phenoxy) is 1. The van der Waals surface area contributed by atoms with Crippen molar-refractivity contribution in [3.8, 4) is 0 Å². The fraction of sp³-hybridized carbons (Fsp3) is 0.941. The van der Waals surface area contributed by atoms with Crippen LogP contribution in [0.4, 0.5) is 0 Å². The fourth-order valence-corrected chi connectivity index (χ4v) is 4.76. The minimum atomic E-state index is 0. The number of carbonyl (C=O) groups excluding carboxylic acids is 1. The Labute approximate surface area is 135 Å². The molecule has 1 saturated heterocycles. The molecule has 1 heterocycles. The first kappa shape index (κ1) is 17.1. The Hall–Kier alpha value is -0.280. The van der Waals surface area contributed by atoms with Crippen molar-refractivity contribution in [1.29, 1.82) is 0 Å². The summed E-state index contributed by atoms with van der Waals surface area (Å²) in [5.74, 6) is 2.04. The van der Waals surface area contributed by atoms with Gasteiger partial charge >= 0.3 is 5.97 Å². The minimum Gasteiger partial charge on any atom is -0.461 e. The molecule has 4 atom stereocenters. The van der Waals surface area contributed by atoms with Gasteiger partial charge in [0.05, 0.1) is 6.54 Å². The van der Waals surface area contributed by atoms with E-state index in [1.165, 1.54) is 25.7 Å². The maximum atomic E-state index is 12.1. The molecule has 4 heteroatoms. The van der Waals surface area contributed by atoms with Gasteiger partial charge in [-0.25, -0.2) is 0 Å². The van der Waals surface area contributed by atoms with Crippen molar-refractivity contribution in [1.82, 2.24) is 4.90 Å². The molecule has 4 aliphatic rings. The highest BCUT2D eigenvalue weighted by Crippen LogP contribution is 2.61. The van der Waals surface area contributed by atoms with Gasteiger partial charge in [-0.3, -0.25) is 9.69 Å². The van der Waals surface area contributed by atoms with E-state index in [4.69, 9.17) is 4.74 Å². The van der Waals surface area contributed by atoms with Crippen LogP contribution in [-0.4, -0.2) is 36.6 Å². The highest BCUT2D eigenvalue weighted by Gasteiger charge is 2.57. The summed E-state index contributed by atoms with van der Waals surface area (Å²) in [5, 5.41) is 0. The van der Waals surface area contributed by atoms with E-state index in [1.54, 1.807) is 0 Å². The van der Waals surface area contributed by atoms with Crippen molar-refractivity contribution < 1.29 is 9.53 Å². The van der Waals surface area contributed by atoms with Crippen LogP contribution < -0.4 is 0 Å². The smallest absolute Gasteiger partial charge is 0.320 e. The second kappa shape index (κ2) is 6.45. The van der Waals surface area contributed by atoms with Crippen molar-refractivity contribution >= 4 is 18.4 Å². The Balaban J connectivity index is 0.00000161. The lowest BCUT2D eigenvalue weighted by atomic mass is 9.45. The van der Waals surface area contributed by atoms with Crippen molar-refractivity contribution in [3.05, 3.63) is 0 Å². The maximum absolute atomic E-state index is 12.1. The number of hydrogen-bond donors (Lipinski definition) is 0. The van der Waals surface area contributed by atoms with Gasteiger partial charge in [-0.1, -0.05) is 27.2 Å². The molecule has 0 amide bonds. The van der Waals surface area contributed by atoms with Gasteiger partial charge < -0.3 is 4.74 Å². The average molecular weight is 316 g/mol. The topological polar surface area (TPSA) is 29.5 Å². The third-order valence-corrected chi connectivity index (χ3v) is 6.37. The monoisotopic (exact) mass is 315 g/mol. The SMILES string of the molecule is C[C@@H]1[C@H]2C[C@@H](C[C@H]1OC(=O)CN1CCCCC1)C2(C)C.Cl. The highest BCUT2D eigenvalue weighted by atomic mass is 35.5. The molecule has 0 spiro atoms. The summed E-state index contributed by atoms with van der Waals surface area (Å²) in [4.78, 5) is 14.4. The Morgan fingerprint density at radius 2 is 1.86 bits per heavy atom. The first-order valence-corrected chi connectivity index (χ1v) is 8.40. The summed E-state index contributed by atoms with van der Waals surface area (Å²) < 4.78 is 5.82. The molecule has 0 unspecified atom stereocenters. The number of hydrogen-bond acceptors (Lipinski definition) is 3. The van der Waals surface area contributed by atoms with E-state index >= 15 is 0 Å². The summed E-state index contributed by atoms with van der Waals surface area (Å²) >= 11 is 0. The Bertz CT molecular complexity index is 379. The maximum Gasteiger partial charge on any atom is 0.320 e. The van der Waals surface area contributed by atoms with Crippen molar-refractivity contribution in [3.63, 3.8) is 0 Å². The summed E-state index contributed by atoms with van der Waals surface area (Å²) in [6.07, 6.45) is 6.36. The molecule has 0 N–H and O–H groups in total. The van der Waals surface area contributed by atoms with Crippen LogP contribution in [0.3, 0.4) is 0 Å². The van der Waals surface area contributed by atoms with Crippen LogP contribution in [0.5, 0.6) is 0 Å². The Morgan fingerprint density at radius 1 is 1.19 bits per heavy atom. The fourth-order valence-electron chi connectivity index (χ4n) is 4.76. The van der Waals surface area contributed by atoms with E-state index in [0.717, 1.165) is 31.3 Å². The average Bonchev–Trinajstić information content (AvgIpc) is 2.41. The molecule has 1 aliphatic heterocycles. The van der Waals surface area contributed by atoms with Crippen molar-refractivity contribution in [2.45, 2.75) is 59.0 Å². The third-order valence-electron chi connectivity index (χ3n) is 6.37.